The Morgan fingerprint density at radius 2 is 0.952 bits per heavy atom. The molecule has 0 aliphatic rings. The molecular weight excluding hydrogens is 877 g/mol. The molecule has 63 heavy (non-hydrogen) atoms. The van der Waals surface area contributed by atoms with Gasteiger partial charge in [-0.15, -0.1) is 5.60 Å². The summed E-state index contributed by atoms with van der Waals surface area (Å²) in [5.41, 5.74) is -1.70. The molecule has 0 aliphatic carbocycles. The summed E-state index contributed by atoms with van der Waals surface area (Å²) < 4.78 is 35.3. The molecule has 22 nitrogen and oxygen atoms in total. The molecule has 0 aromatic carbocycles. The number of hydrogen-bond acceptors (Lipinski definition) is 21. The van der Waals surface area contributed by atoms with Crippen LogP contribution in [0.5, 0.6) is 11.8 Å². The van der Waals surface area contributed by atoms with E-state index in [0.29, 0.717) is 17.7 Å². The maximum absolute atomic E-state index is 11.7. The van der Waals surface area contributed by atoms with Crippen molar-refractivity contribution in [3.63, 3.8) is 0 Å². The average molecular weight is 924 g/mol. The number of carbonyl (C=O) groups excluding carboxylic acids is 2. The first kappa shape index (κ1) is 55.7. The minimum absolute atomic E-state index is 0. The normalized spacial score (nSPS) is 10.5. The van der Waals surface area contributed by atoms with E-state index in [1.807, 2.05) is 0 Å². The van der Waals surface area contributed by atoms with Crippen LogP contribution >= 0.6 is 11.6 Å². The Morgan fingerprint density at radius 1 is 0.587 bits per heavy atom. The molecule has 0 radical (unpaired) electrons. The van der Waals surface area contributed by atoms with Crippen LogP contribution in [0.3, 0.4) is 0 Å². The van der Waals surface area contributed by atoms with Crippen molar-refractivity contribution in [3.05, 3.63) is 114 Å². The van der Waals surface area contributed by atoms with Gasteiger partial charge in [-0.25, -0.2) is 59.2 Å². The fourth-order valence-corrected chi connectivity index (χ4v) is 3.42. The molecule has 0 fully saturated rings. The van der Waals surface area contributed by atoms with Crippen LogP contribution in [0.2, 0.25) is 5.15 Å². The van der Waals surface area contributed by atoms with E-state index in [1.165, 1.54) is 68.4 Å². The molecule has 0 aliphatic heterocycles. The number of halogens is 1. The minimum Gasteiger partial charge on any atom is -0.850 e. The number of aromatic carboxylic acids is 1. The van der Waals surface area contributed by atoms with Crippen LogP contribution in [0.1, 0.15) is 111 Å². The molecule has 0 unspecified atom stereocenters. The van der Waals surface area contributed by atoms with Crippen LogP contribution in [0.25, 0.3) is 0 Å². The number of oxazole rings is 3. The van der Waals surface area contributed by atoms with E-state index in [0.717, 1.165) is 6.20 Å². The maximum atomic E-state index is 11.7. The number of aliphatic hydroxyl groups excluding tert-OH is 1. The summed E-state index contributed by atoms with van der Waals surface area (Å²) >= 11 is 5.52. The molecule has 0 bridgehead atoms. The molecule has 334 valence electrons. The van der Waals surface area contributed by atoms with Crippen molar-refractivity contribution in [2.45, 2.75) is 98.9 Å². The first-order valence-corrected chi connectivity index (χ1v) is 18.4. The van der Waals surface area contributed by atoms with Crippen molar-refractivity contribution in [3.8, 4) is 11.8 Å². The zero-order chi connectivity index (χ0) is 46.3. The first-order valence-electron chi connectivity index (χ1n) is 18.0. The summed E-state index contributed by atoms with van der Waals surface area (Å²) in [6, 6.07) is 0. The van der Waals surface area contributed by atoms with Gasteiger partial charge >= 0.3 is 69.3 Å². The van der Waals surface area contributed by atoms with E-state index in [4.69, 9.17) is 49.6 Å². The molecule has 0 saturated carbocycles. The van der Waals surface area contributed by atoms with Crippen LogP contribution in [-0.4, -0.2) is 89.8 Å². The number of carboxylic acids is 1. The van der Waals surface area contributed by atoms with E-state index in [2.05, 4.69) is 49.3 Å². The average Bonchev–Trinajstić information content (AvgIpc) is 4.01. The smallest absolute Gasteiger partial charge is 0.850 e. The van der Waals surface area contributed by atoms with Gasteiger partial charge in [-0.05, 0) is 41.5 Å². The van der Waals surface area contributed by atoms with Crippen LogP contribution in [0, 0.1) is 0 Å². The van der Waals surface area contributed by atoms with Gasteiger partial charge in [-0.2, -0.15) is 0 Å². The molecule has 6 aromatic rings. The number of aliphatic hydroxyl groups is 1. The third kappa shape index (κ3) is 26.7. The minimum atomic E-state index is -1.13. The molecule has 6 rings (SSSR count). The second-order valence-corrected chi connectivity index (χ2v) is 15.0. The summed E-state index contributed by atoms with van der Waals surface area (Å²) in [5, 5.41) is 27.2. The summed E-state index contributed by atoms with van der Waals surface area (Å²) in [6.07, 6.45) is 16.4. The largest absolute Gasteiger partial charge is 1.00 e. The number of ether oxygens (including phenoxy) is 4. The van der Waals surface area contributed by atoms with Crippen molar-refractivity contribution in [2.75, 3.05) is 0 Å². The molecule has 0 atom stereocenters. The predicted octanol–water partition coefficient (Wildman–Crippen LogP) is 2.14. The number of rotatable bonds is 10. The fourth-order valence-electron chi connectivity index (χ4n) is 3.33. The number of carboxylic acid groups (broad SMARTS) is 1. The number of nitrogens with zero attached hydrogens (tertiary/aromatic N) is 9. The van der Waals surface area contributed by atoms with Crippen molar-refractivity contribution in [1.82, 2.24) is 44.9 Å². The summed E-state index contributed by atoms with van der Waals surface area (Å²) in [4.78, 5) is 67.8. The number of aromatic nitrogens is 9. The van der Waals surface area contributed by atoms with Gasteiger partial charge in [-0.3, -0.25) is 0 Å². The molecule has 0 amide bonds. The van der Waals surface area contributed by atoms with Gasteiger partial charge in [0.25, 0.3) is 0 Å². The fraction of sp³-hybridized carbons (Fsp3) is 0.385. The van der Waals surface area contributed by atoms with Gasteiger partial charge in [0.1, 0.15) is 41.8 Å². The van der Waals surface area contributed by atoms with Crippen LogP contribution < -0.4 is 66.0 Å². The van der Waals surface area contributed by atoms with E-state index in [1.54, 1.807) is 62.3 Å². The molecule has 6 heterocycles. The summed E-state index contributed by atoms with van der Waals surface area (Å²) in [5.74, 6) is -0.469. The Hall–Kier alpha value is -5.27. The molecule has 2 N–H and O–H groups in total. The van der Waals surface area contributed by atoms with E-state index >= 15 is 0 Å². The topological polar surface area (TPSA) is 307 Å². The predicted molar refractivity (Wildman–Crippen MR) is 212 cm³/mol. The van der Waals surface area contributed by atoms with Gasteiger partial charge in [0.05, 0.1) is 55.8 Å². The molecule has 0 saturated heterocycles. The monoisotopic (exact) mass is 923 g/mol. The van der Waals surface area contributed by atoms with Gasteiger partial charge < -0.3 is 47.5 Å². The van der Waals surface area contributed by atoms with Crippen LogP contribution in [0.15, 0.2) is 87.8 Å². The van der Waals surface area contributed by atoms with Gasteiger partial charge in [0.15, 0.2) is 30.3 Å². The van der Waals surface area contributed by atoms with E-state index in [-0.39, 0.29) is 105 Å². The summed E-state index contributed by atoms with van der Waals surface area (Å²) in [6.45, 7) is 15.8. The van der Waals surface area contributed by atoms with Crippen LogP contribution in [-0.2, 0) is 29.3 Å². The SMILES string of the molecule is CC(C)(C)OC(=O)c1cnc(Cl)cn1.CC(C)(C)OC(=O)c1cnc(OCc2ncco2)cn1.CC(C)(C)[O-].O=C(O)c1cnc(OCc2ncco2)cn1.OCc1ncco1.[K+]. The third-order valence-corrected chi connectivity index (χ3v) is 5.78. The summed E-state index contributed by atoms with van der Waals surface area (Å²) in [7, 11) is 0. The van der Waals surface area contributed by atoms with E-state index in [9.17, 15) is 19.5 Å². The third-order valence-electron chi connectivity index (χ3n) is 5.58. The zero-order valence-electron chi connectivity index (χ0n) is 36.3. The van der Waals surface area contributed by atoms with Crippen molar-refractivity contribution >= 4 is 29.5 Å². The van der Waals surface area contributed by atoms with Crippen LogP contribution in [0.4, 0.5) is 0 Å². The first-order chi connectivity index (χ1) is 29.0. The number of esters is 2. The second kappa shape index (κ2) is 27.7. The maximum Gasteiger partial charge on any atom is 1.00 e. The Kier molecular flexibility index (Phi) is 24.5. The molecule has 6 aromatic heterocycles. The quantitative estimate of drug-likeness (QED) is 0.147. The molecule has 24 heteroatoms. The Bertz CT molecular complexity index is 2150. The number of hydrogen-bond donors (Lipinski definition) is 2. The Balaban J connectivity index is 0.000000419. The van der Waals surface area contributed by atoms with Gasteiger partial charge in [0.2, 0.25) is 29.4 Å². The van der Waals surface area contributed by atoms with Crippen molar-refractivity contribution < 1.29 is 113 Å². The Morgan fingerprint density at radius 3 is 1.22 bits per heavy atom. The second-order valence-electron chi connectivity index (χ2n) is 14.6. The van der Waals surface area contributed by atoms with Gasteiger partial charge in [0, 0.05) is 0 Å². The van der Waals surface area contributed by atoms with Crippen molar-refractivity contribution in [1.29, 1.82) is 0 Å². The van der Waals surface area contributed by atoms with Gasteiger partial charge in [-0.1, -0.05) is 32.4 Å². The number of carbonyl (C=O) groups is 3. The molecule has 0 spiro atoms. The van der Waals surface area contributed by atoms with E-state index < -0.39 is 34.7 Å². The Labute approximate surface area is 409 Å². The zero-order valence-corrected chi connectivity index (χ0v) is 40.2. The standard InChI is InChI=1S/C13H15N3O4.C9H11ClN2O2.C9H7N3O4.C4H5NO2.C4H9O.K/c1-13(2,3)20-12(17)9-6-16-10(7-15-9)19-8-11-14-4-5-18-11;1-9(2,3)14-8(13)6-4-12-7(10)5-11-6;13-9(14)6-3-12-7(4-11-6)16-5-8-10-1-2-15-8;6-3-4-5-1-2-7-4;1-4(2,3)5;/h4-7H,8H2,1-3H3;4-5H,1-3H3;1-4H,5H2,(H,13,14);1-2,6H,3H2;1-3H3;/q;;;;-1;+1. The molecular formula is C39H47ClKN9O13. The van der Waals surface area contributed by atoms with Crippen molar-refractivity contribution in [2.24, 2.45) is 0 Å².